The van der Waals surface area contributed by atoms with Crippen LogP contribution >= 0.6 is 11.8 Å². The maximum absolute atomic E-state index is 11.3. The third-order valence-electron chi connectivity index (χ3n) is 2.92. The number of nitrogens with one attached hydrogen (secondary N) is 1. The predicted octanol–water partition coefficient (Wildman–Crippen LogP) is 0.358. The first-order valence-corrected chi connectivity index (χ1v) is 6.88. The van der Waals surface area contributed by atoms with Crippen molar-refractivity contribution >= 4 is 17.7 Å². The highest BCUT2D eigenvalue weighted by molar-refractivity contribution is 7.99. The molecule has 1 aromatic heterocycles. The second-order valence-corrected chi connectivity index (χ2v) is 5.43. The van der Waals surface area contributed by atoms with Crippen molar-refractivity contribution in [2.45, 2.75) is 37.0 Å². The number of rotatable bonds is 4. The van der Waals surface area contributed by atoms with Crippen molar-refractivity contribution < 1.29 is 9.53 Å². The van der Waals surface area contributed by atoms with Crippen molar-refractivity contribution in [3.8, 4) is 0 Å². The zero-order chi connectivity index (χ0) is 13.1. The highest BCUT2D eigenvalue weighted by Gasteiger charge is 2.30. The van der Waals surface area contributed by atoms with Crippen molar-refractivity contribution in [1.29, 1.82) is 0 Å². The number of amides is 1. The molecule has 2 heterocycles. The summed E-state index contributed by atoms with van der Waals surface area (Å²) >= 11 is 1.70. The molecule has 0 bridgehead atoms. The van der Waals surface area contributed by atoms with Crippen molar-refractivity contribution in [3.63, 3.8) is 0 Å². The molecule has 3 N–H and O–H groups in total. The SMILES string of the molecule is Cc1cc(SCC2CCC(C(=O)NN)O2)n(C)n1. The molecule has 6 nitrogen and oxygen atoms in total. The molecule has 0 aromatic carbocycles. The number of carbonyl (C=O) groups is 1. The van der Waals surface area contributed by atoms with Gasteiger partial charge in [0.25, 0.3) is 5.91 Å². The fraction of sp³-hybridized carbons (Fsp3) is 0.636. The summed E-state index contributed by atoms with van der Waals surface area (Å²) in [6, 6.07) is 2.05. The standard InChI is InChI=1S/C11H18N4O2S/c1-7-5-10(15(2)14-7)18-6-8-3-4-9(17-8)11(16)13-12/h5,8-9H,3-4,6,12H2,1-2H3,(H,13,16). The first kappa shape index (κ1) is 13.4. The number of nitrogens with two attached hydrogens (primary N) is 1. The van der Waals surface area contributed by atoms with E-state index in [9.17, 15) is 4.79 Å². The Kier molecular flexibility index (Phi) is 4.26. The Morgan fingerprint density at radius 3 is 3.11 bits per heavy atom. The largest absolute Gasteiger partial charge is 0.364 e. The molecule has 1 fully saturated rings. The number of aryl methyl sites for hydroxylation is 2. The molecule has 0 aliphatic carbocycles. The highest BCUT2D eigenvalue weighted by Crippen LogP contribution is 2.26. The molecular formula is C11H18N4O2S. The summed E-state index contributed by atoms with van der Waals surface area (Å²) < 4.78 is 7.50. The van der Waals surface area contributed by atoms with E-state index in [0.717, 1.165) is 29.3 Å². The Morgan fingerprint density at radius 1 is 1.72 bits per heavy atom. The first-order valence-electron chi connectivity index (χ1n) is 5.89. The summed E-state index contributed by atoms with van der Waals surface area (Å²) in [5, 5.41) is 5.40. The van der Waals surface area contributed by atoms with E-state index in [1.165, 1.54) is 0 Å². The number of aromatic nitrogens is 2. The van der Waals surface area contributed by atoms with Crippen LogP contribution in [0, 0.1) is 6.92 Å². The van der Waals surface area contributed by atoms with Gasteiger partial charge >= 0.3 is 0 Å². The minimum absolute atomic E-state index is 0.104. The van der Waals surface area contributed by atoms with Gasteiger partial charge in [0.15, 0.2) is 0 Å². The van der Waals surface area contributed by atoms with E-state index in [1.807, 2.05) is 24.7 Å². The van der Waals surface area contributed by atoms with Gasteiger partial charge in [-0.2, -0.15) is 5.10 Å². The molecule has 7 heteroatoms. The smallest absolute Gasteiger partial charge is 0.263 e. The van der Waals surface area contributed by atoms with Gasteiger partial charge in [0.1, 0.15) is 6.10 Å². The lowest BCUT2D eigenvalue weighted by Crippen LogP contribution is -2.39. The van der Waals surface area contributed by atoms with Crippen molar-refractivity contribution in [2.24, 2.45) is 12.9 Å². The van der Waals surface area contributed by atoms with Crippen LogP contribution < -0.4 is 11.3 Å². The van der Waals surface area contributed by atoms with Crippen LogP contribution in [0.15, 0.2) is 11.1 Å². The molecule has 1 aliphatic heterocycles. The summed E-state index contributed by atoms with van der Waals surface area (Å²) in [7, 11) is 1.93. The minimum atomic E-state index is -0.395. The lowest BCUT2D eigenvalue weighted by Gasteiger charge is -2.12. The van der Waals surface area contributed by atoms with Gasteiger partial charge in [0.2, 0.25) is 0 Å². The van der Waals surface area contributed by atoms with Crippen molar-refractivity contribution in [2.75, 3.05) is 5.75 Å². The third-order valence-corrected chi connectivity index (χ3v) is 4.13. The second kappa shape index (κ2) is 5.73. The molecule has 1 amide bonds. The van der Waals surface area contributed by atoms with Crippen molar-refractivity contribution in [3.05, 3.63) is 11.8 Å². The minimum Gasteiger partial charge on any atom is -0.364 e. The zero-order valence-corrected chi connectivity index (χ0v) is 11.4. The molecule has 2 atom stereocenters. The number of nitrogens with zero attached hydrogens (tertiary/aromatic N) is 2. The number of hydrogen-bond donors (Lipinski definition) is 2. The van der Waals surface area contributed by atoms with Crippen LogP contribution in [0.5, 0.6) is 0 Å². The van der Waals surface area contributed by atoms with Gasteiger partial charge in [-0.3, -0.25) is 14.9 Å². The van der Waals surface area contributed by atoms with E-state index >= 15 is 0 Å². The third kappa shape index (κ3) is 3.04. The molecule has 1 aliphatic rings. The Labute approximate surface area is 110 Å². The molecule has 100 valence electrons. The van der Waals surface area contributed by atoms with Crippen LogP contribution in [-0.2, 0) is 16.6 Å². The lowest BCUT2D eigenvalue weighted by molar-refractivity contribution is -0.131. The summed E-state index contributed by atoms with van der Waals surface area (Å²) in [4.78, 5) is 11.3. The van der Waals surface area contributed by atoms with Crippen LogP contribution in [0.1, 0.15) is 18.5 Å². The summed E-state index contributed by atoms with van der Waals surface area (Å²) in [6.45, 7) is 1.97. The first-order chi connectivity index (χ1) is 8.60. The molecule has 2 unspecified atom stereocenters. The fourth-order valence-corrected chi connectivity index (χ4v) is 3.10. The van der Waals surface area contributed by atoms with Crippen LogP contribution in [0.2, 0.25) is 0 Å². The number of ether oxygens (including phenoxy) is 1. The molecule has 18 heavy (non-hydrogen) atoms. The van der Waals surface area contributed by atoms with E-state index in [4.69, 9.17) is 10.6 Å². The molecule has 1 aromatic rings. The van der Waals surface area contributed by atoms with E-state index in [0.29, 0.717) is 0 Å². The second-order valence-electron chi connectivity index (χ2n) is 4.39. The predicted molar refractivity (Wildman–Crippen MR) is 68.9 cm³/mol. The molecule has 0 spiro atoms. The van der Waals surface area contributed by atoms with Gasteiger partial charge in [0.05, 0.1) is 16.8 Å². The monoisotopic (exact) mass is 270 g/mol. The van der Waals surface area contributed by atoms with Gasteiger partial charge in [0, 0.05) is 12.8 Å². The van der Waals surface area contributed by atoms with Gasteiger partial charge in [-0.15, -0.1) is 11.8 Å². The zero-order valence-electron chi connectivity index (χ0n) is 10.5. The van der Waals surface area contributed by atoms with Gasteiger partial charge < -0.3 is 4.74 Å². The van der Waals surface area contributed by atoms with Gasteiger partial charge in [-0.1, -0.05) is 0 Å². The van der Waals surface area contributed by atoms with E-state index in [1.54, 1.807) is 11.8 Å². The number of thioether (sulfide) groups is 1. The lowest BCUT2D eigenvalue weighted by atomic mass is 10.2. The van der Waals surface area contributed by atoms with Crippen LogP contribution in [0.25, 0.3) is 0 Å². The van der Waals surface area contributed by atoms with Gasteiger partial charge in [-0.05, 0) is 25.8 Å². The summed E-state index contributed by atoms with van der Waals surface area (Å²) in [5.74, 6) is 5.68. The maximum atomic E-state index is 11.3. The Bertz CT molecular complexity index is 435. The Morgan fingerprint density at radius 2 is 2.50 bits per heavy atom. The molecular weight excluding hydrogens is 252 g/mol. The number of carbonyl (C=O) groups excluding carboxylic acids is 1. The highest BCUT2D eigenvalue weighted by atomic mass is 32.2. The topological polar surface area (TPSA) is 82.2 Å². The normalized spacial score (nSPS) is 23.3. The van der Waals surface area contributed by atoms with E-state index in [-0.39, 0.29) is 12.0 Å². The number of hydrazine groups is 1. The van der Waals surface area contributed by atoms with Gasteiger partial charge in [-0.25, -0.2) is 5.84 Å². The van der Waals surface area contributed by atoms with E-state index < -0.39 is 6.10 Å². The maximum Gasteiger partial charge on any atom is 0.263 e. The van der Waals surface area contributed by atoms with Crippen LogP contribution in [-0.4, -0.2) is 33.6 Å². The summed E-state index contributed by atoms with van der Waals surface area (Å²) in [5.41, 5.74) is 3.14. The summed E-state index contributed by atoms with van der Waals surface area (Å²) in [6.07, 6.45) is 1.34. The Balaban J connectivity index is 1.82. The average molecular weight is 270 g/mol. The van der Waals surface area contributed by atoms with Crippen LogP contribution in [0.4, 0.5) is 0 Å². The van der Waals surface area contributed by atoms with Crippen molar-refractivity contribution in [1.82, 2.24) is 15.2 Å². The molecule has 0 radical (unpaired) electrons. The van der Waals surface area contributed by atoms with E-state index in [2.05, 4.69) is 10.5 Å². The Hall–Kier alpha value is -1.05. The fourth-order valence-electron chi connectivity index (χ4n) is 2.01. The van der Waals surface area contributed by atoms with Crippen LogP contribution in [0.3, 0.4) is 0 Å². The average Bonchev–Trinajstić information content (AvgIpc) is 2.92. The number of hydrogen-bond acceptors (Lipinski definition) is 5. The molecule has 1 saturated heterocycles. The molecule has 2 rings (SSSR count). The molecule has 0 saturated carbocycles. The quantitative estimate of drug-likeness (QED) is 0.357.